The fraction of sp³-hybridized carbons (Fsp3) is 0.500. The van der Waals surface area contributed by atoms with E-state index in [0.29, 0.717) is 5.78 Å². The topological polar surface area (TPSA) is 63.3 Å². The van der Waals surface area contributed by atoms with Crippen LogP contribution in [-0.4, -0.2) is 31.3 Å². The smallest absolute Gasteiger partial charge is 0.252 e. The molecule has 2 aromatic heterocycles. The van der Waals surface area contributed by atoms with Crippen molar-refractivity contribution in [3.8, 4) is 0 Å². The van der Waals surface area contributed by atoms with E-state index in [9.17, 15) is 0 Å². The van der Waals surface area contributed by atoms with Crippen molar-refractivity contribution in [2.24, 2.45) is 0 Å². The molecular formula is C10H14N4O. The molecule has 0 spiro atoms. The third-order valence-corrected chi connectivity index (χ3v) is 2.23. The van der Waals surface area contributed by atoms with Crippen molar-refractivity contribution in [2.75, 3.05) is 6.61 Å². The first-order valence-electron chi connectivity index (χ1n) is 5.14. The van der Waals surface area contributed by atoms with Crippen LogP contribution in [0.3, 0.4) is 0 Å². The van der Waals surface area contributed by atoms with Crippen LogP contribution < -0.4 is 0 Å². The highest BCUT2D eigenvalue weighted by Gasteiger charge is 2.03. The number of rotatable bonds is 4. The lowest BCUT2D eigenvalue weighted by atomic mass is 10.2. The molecule has 1 N–H and O–H groups in total. The number of hydrogen-bond donors (Lipinski definition) is 1. The molecule has 2 rings (SSSR count). The molecule has 0 atom stereocenters. The molecule has 5 nitrogen and oxygen atoms in total. The molecule has 0 saturated heterocycles. The minimum atomic E-state index is 0.204. The molecule has 5 heteroatoms. The predicted molar refractivity (Wildman–Crippen MR) is 55.6 cm³/mol. The van der Waals surface area contributed by atoms with Gasteiger partial charge in [0.05, 0.1) is 0 Å². The van der Waals surface area contributed by atoms with Crippen LogP contribution in [0.15, 0.2) is 12.4 Å². The van der Waals surface area contributed by atoms with Gasteiger partial charge < -0.3 is 5.11 Å². The van der Waals surface area contributed by atoms with E-state index in [1.165, 1.54) is 0 Å². The first kappa shape index (κ1) is 10.0. The van der Waals surface area contributed by atoms with E-state index in [0.717, 1.165) is 30.7 Å². The molecule has 80 valence electrons. The Morgan fingerprint density at radius 2 is 2.33 bits per heavy atom. The lowest BCUT2D eigenvalue weighted by Gasteiger charge is -1.98. The molecule has 2 aromatic rings. The summed E-state index contributed by atoms with van der Waals surface area (Å²) in [6, 6.07) is 0. The minimum Gasteiger partial charge on any atom is -0.396 e. The van der Waals surface area contributed by atoms with Gasteiger partial charge in [0.15, 0.2) is 5.82 Å². The molecule has 2 heterocycles. The summed E-state index contributed by atoms with van der Waals surface area (Å²) in [7, 11) is 0. The van der Waals surface area contributed by atoms with Crippen molar-refractivity contribution in [2.45, 2.75) is 26.2 Å². The third-order valence-electron chi connectivity index (χ3n) is 2.23. The molecule has 0 radical (unpaired) electrons. The van der Waals surface area contributed by atoms with Crippen LogP contribution >= 0.6 is 0 Å². The molecule has 0 aliphatic heterocycles. The maximum atomic E-state index is 8.73. The maximum absolute atomic E-state index is 8.73. The van der Waals surface area contributed by atoms with Gasteiger partial charge in [-0.25, -0.2) is 9.50 Å². The average Bonchev–Trinajstić information content (AvgIpc) is 2.68. The number of aryl methyl sites for hydroxylation is 2. The van der Waals surface area contributed by atoms with E-state index in [1.54, 1.807) is 10.7 Å². The Labute approximate surface area is 87.8 Å². The monoisotopic (exact) mass is 206 g/mol. The van der Waals surface area contributed by atoms with Crippen molar-refractivity contribution in [1.29, 1.82) is 0 Å². The number of aliphatic hydroxyl groups excluding tert-OH is 1. The first-order valence-corrected chi connectivity index (χ1v) is 5.14. The van der Waals surface area contributed by atoms with Gasteiger partial charge in [0, 0.05) is 25.4 Å². The van der Waals surface area contributed by atoms with Gasteiger partial charge in [-0.05, 0) is 18.4 Å². The summed E-state index contributed by atoms with van der Waals surface area (Å²) in [4.78, 5) is 8.45. The van der Waals surface area contributed by atoms with Crippen molar-refractivity contribution >= 4 is 5.78 Å². The molecule has 15 heavy (non-hydrogen) atoms. The van der Waals surface area contributed by atoms with Gasteiger partial charge in [-0.15, -0.1) is 5.10 Å². The second kappa shape index (κ2) is 4.35. The second-order valence-corrected chi connectivity index (χ2v) is 3.42. The Kier molecular flexibility index (Phi) is 2.91. The Morgan fingerprint density at radius 1 is 1.47 bits per heavy atom. The largest absolute Gasteiger partial charge is 0.396 e. The van der Waals surface area contributed by atoms with E-state index in [2.05, 4.69) is 15.1 Å². The zero-order chi connectivity index (χ0) is 10.7. The lowest BCUT2D eigenvalue weighted by molar-refractivity contribution is 0.288. The van der Waals surface area contributed by atoms with E-state index >= 15 is 0 Å². The average molecular weight is 206 g/mol. The van der Waals surface area contributed by atoms with Crippen LogP contribution in [0.4, 0.5) is 0 Å². The summed E-state index contributed by atoms with van der Waals surface area (Å²) >= 11 is 0. The van der Waals surface area contributed by atoms with Gasteiger partial charge >= 0.3 is 0 Å². The number of hydrogen-bond acceptors (Lipinski definition) is 4. The van der Waals surface area contributed by atoms with Gasteiger partial charge in [0.25, 0.3) is 5.78 Å². The van der Waals surface area contributed by atoms with E-state index < -0.39 is 0 Å². The van der Waals surface area contributed by atoms with Crippen LogP contribution in [0.1, 0.15) is 24.7 Å². The summed E-state index contributed by atoms with van der Waals surface area (Å²) in [5, 5.41) is 13.0. The van der Waals surface area contributed by atoms with Crippen LogP contribution in [0.5, 0.6) is 0 Å². The summed E-state index contributed by atoms with van der Waals surface area (Å²) in [5.74, 6) is 1.45. The molecule has 0 unspecified atom stereocenters. The quantitative estimate of drug-likeness (QED) is 0.796. The fourth-order valence-electron chi connectivity index (χ4n) is 1.43. The minimum absolute atomic E-state index is 0.204. The zero-order valence-corrected chi connectivity index (χ0v) is 8.72. The van der Waals surface area contributed by atoms with Crippen molar-refractivity contribution in [3.63, 3.8) is 0 Å². The second-order valence-electron chi connectivity index (χ2n) is 3.42. The molecule has 0 aliphatic rings. The Balaban J connectivity index is 2.29. The molecular weight excluding hydrogens is 192 g/mol. The van der Waals surface area contributed by atoms with Crippen LogP contribution in [0.25, 0.3) is 5.78 Å². The number of nitrogens with zero attached hydrogens (tertiary/aromatic N) is 4. The summed E-state index contributed by atoms with van der Waals surface area (Å²) < 4.78 is 1.70. The number of aromatic nitrogens is 4. The molecule has 0 aromatic carbocycles. The highest BCUT2D eigenvalue weighted by atomic mass is 16.2. The Bertz CT molecular complexity index is 452. The van der Waals surface area contributed by atoms with Gasteiger partial charge in [-0.2, -0.15) is 4.98 Å². The van der Waals surface area contributed by atoms with Gasteiger partial charge in [-0.3, -0.25) is 0 Å². The summed E-state index contributed by atoms with van der Waals surface area (Å²) in [6.07, 6.45) is 6.10. The molecule has 0 saturated carbocycles. The van der Waals surface area contributed by atoms with E-state index in [4.69, 9.17) is 5.11 Å². The third kappa shape index (κ3) is 2.12. The van der Waals surface area contributed by atoms with Crippen LogP contribution in [0.2, 0.25) is 0 Å². The number of aliphatic hydroxyl groups is 1. The van der Waals surface area contributed by atoms with Gasteiger partial charge in [-0.1, -0.05) is 6.92 Å². The molecule has 0 amide bonds. The Morgan fingerprint density at radius 3 is 3.07 bits per heavy atom. The molecule has 0 aliphatic carbocycles. The SMILES string of the molecule is CCc1nc2ncc(CCCO)cn2n1. The van der Waals surface area contributed by atoms with Gasteiger partial charge in [0.2, 0.25) is 0 Å². The summed E-state index contributed by atoms with van der Waals surface area (Å²) in [6.45, 7) is 2.22. The van der Waals surface area contributed by atoms with E-state index in [1.807, 2.05) is 13.1 Å². The van der Waals surface area contributed by atoms with Crippen LogP contribution in [-0.2, 0) is 12.8 Å². The molecule has 0 fully saturated rings. The Hall–Kier alpha value is -1.49. The summed E-state index contributed by atoms with van der Waals surface area (Å²) in [5.41, 5.74) is 1.07. The van der Waals surface area contributed by atoms with Crippen molar-refractivity contribution < 1.29 is 5.11 Å². The standard InChI is InChI=1S/C10H14N4O/c1-2-9-12-10-11-6-8(4-3-5-15)7-14(10)13-9/h6-7,15H,2-5H2,1H3. The number of fused-ring (bicyclic) bond motifs is 1. The highest BCUT2D eigenvalue weighted by Crippen LogP contribution is 2.04. The van der Waals surface area contributed by atoms with Crippen LogP contribution in [0, 0.1) is 0 Å². The first-order chi connectivity index (χ1) is 7.33. The predicted octanol–water partition coefficient (Wildman–Crippen LogP) is 0.612. The normalized spacial score (nSPS) is 11.1. The van der Waals surface area contributed by atoms with Gasteiger partial charge in [0.1, 0.15) is 0 Å². The zero-order valence-electron chi connectivity index (χ0n) is 8.72. The van der Waals surface area contributed by atoms with E-state index in [-0.39, 0.29) is 6.61 Å². The maximum Gasteiger partial charge on any atom is 0.252 e. The molecule has 0 bridgehead atoms. The van der Waals surface area contributed by atoms with Crippen molar-refractivity contribution in [3.05, 3.63) is 23.8 Å². The van der Waals surface area contributed by atoms with Crippen molar-refractivity contribution in [1.82, 2.24) is 19.6 Å². The fourth-order valence-corrected chi connectivity index (χ4v) is 1.43. The highest BCUT2D eigenvalue weighted by molar-refractivity contribution is 5.27. The lowest BCUT2D eigenvalue weighted by Crippen LogP contribution is -1.96.